The van der Waals surface area contributed by atoms with Gasteiger partial charge in [0, 0.05) is 10.6 Å². The number of thioether (sulfide) groups is 1. The molecular weight excluding hydrogens is 188 g/mol. The molecule has 12 heavy (non-hydrogen) atoms. The fourth-order valence-electron chi connectivity index (χ4n) is 1.04. The maximum Gasteiger partial charge on any atom is 0.103 e. The van der Waals surface area contributed by atoms with Crippen LogP contribution in [0.15, 0.2) is 0 Å². The minimum absolute atomic E-state index is 0.724. The summed E-state index contributed by atoms with van der Waals surface area (Å²) >= 11 is 3.61. The van der Waals surface area contributed by atoms with Crippen molar-refractivity contribution in [3.8, 4) is 0 Å². The largest absolute Gasteiger partial charge is 0.330 e. The molecule has 0 aliphatic carbocycles. The van der Waals surface area contributed by atoms with Crippen LogP contribution in [0.3, 0.4) is 0 Å². The lowest BCUT2D eigenvalue weighted by Gasteiger charge is -1.91. The van der Waals surface area contributed by atoms with Crippen LogP contribution in [0.5, 0.6) is 0 Å². The fourth-order valence-corrected chi connectivity index (χ4v) is 2.82. The van der Waals surface area contributed by atoms with E-state index in [1.807, 2.05) is 11.8 Å². The van der Waals surface area contributed by atoms with Gasteiger partial charge in [0.15, 0.2) is 0 Å². The number of aryl methyl sites for hydroxylation is 1. The molecule has 4 heteroatoms. The van der Waals surface area contributed by atoms with Gasteiger partial charge >= 0.3 is 0 Å². The molecule has 1 aromatic heterocycles. The summed E-state index contributed by atoms with van der Waals surface area (Å²) in [6.45, 7) is 2.78. The van der Waals surface area contributed by atoms with Gasteiger partial charge in [-0.15, -0.1) is 11.3 Å². The van der Waals surface area contributed by atoms with Crippen LogP contribution in [0.4, 0.5) is 0 Å². The topological polar surface area (TPSA) is 38.9 Å². The Morgan fingerprint density at radius 1 is 1.58 bits per heavy atom. The lowest BCUT2D eigenvalue weighted by Crippen LogP contribution is -2.01. The lowest BCUT2D eigenvalue weighted by molar-refractivity contribution is 0.968. The van der Waals surface area contributed by atoms with Crippen molar-refractivity contribution < 1.29 is 0 Å². The van der Waals surface area contributed by atoms with Crippen LogP contribution in [-0.2, 0) is 12.2 Å². The first-order valence-electron chi connectivity index (χ1n) is 3.92. The summed E-state index contributed by atoms with van der Waals surface area (Å²) in [4.78, 5) is 5.81. The molecule has 0 spiro atoms. The highest BCUT2D eigenvalue weighted by Crippen LogP contribution is 2.21. The third-order valence-corrected chi connectivity index (χ3v) is 3.54. The Morgan fingerprint density at radius 3 is 2.92 bits per heavy atom. The van der Waals surface area contributed by atoms with Crippen LogP contribution in [-0.4, -0.2) is 17.8 Å². The summed E-state index contributed by atoms with van der Waals surface area (Å²) < 4.78 is 0. The van der Waals surface area contributed by atoms with E-state index in [0.29, 0.717) is 0 Å². The predicted molar refractivity (Wildman–Crippen MR) is 56.8 cm³/mol. The van der Waals surface area contributed by atoms with Gasteiger partial charge in [0.2, 0.25) is 0 Å². The SMILES string of the molecule is CSCc1nc(C)c(CCN)s1. The molecule has 2 nitrogen and oxygen atoms in total. The van der Waals surface area contributed by atoms with Crippen molar-refractivity contribution in [3.63, 3.8) is 0 Å². The van der Waals surface area contributed by atoms with Crippen LogP contribution in [0.25, 0.3) is 0 Å². The Kier molecular flexibility index (Phi) is 4.05. The van der Waals surface area contributed by atoms with Crippen LogP contribution < -0.4 is 5.73 Å². The van der Waals surface area contributed by atoms with E-state index in [1.165, 1.54) is 9.88 Å². The first-order chi connectivity index (χ1) is 5.77. The Hall–Kier alpha value is -0.0600. The molecule has 0 unspecified atom stereocenters. The highest BCUT2D eigenvalue weighted by Gasteiger charge is 2.05. The lowest BCUT2D eigenvalue weighted by atomic mass is 10.3. The van der Waals surface area contributed by atoms with Crippen molar-refractivity contribution in [2.75, 3.05) is 12.8 Å². The monoisotopic (exact) mass is 202 g/mol. The van der Waals surface area contributed by atoms with Gasteiger partial charge < -0.3 is 5.73 Å². The molecule has 0 aromatic carbocycles. The van der Waals surface area contributed by atoms with Crippen molar-refractivity contribution in [2.24, 2.45) is 5.73 Å². The fraction of sp³-hybridized carbons (Fsp3) is 0.625. The normalized spacial score (nSPS) is 10.6. The number of hydrogen-bond acceptors (Lipinski definition) is 4. The molecule has 68 valence electrons. The molecule has 0 fully saturated rings. The van der Waals surface area contributed by atoms with Gasteiger partial charge in [-0.25, -0.2) is 4.98 Å². The van der Waals surface area contributed by atoms with Crippen LogP contribution >= 0.6 is 23.1 Å². The predicted octanol–water partition coefficient (Wildman–Crippen LogP) is 1.82. The molecule has 0 bridgehead atoms. The molecular formula is C8H14N2S2. The molecule has 0 radical (unpaired) electrons. The highest BCUT2D eigenvalue weighted by molar-refractivity contribution is 7.97. The second kappa shape index (κ2) is 4.84. The van der Waals surface area contributed by atoms with Gasteiger partial charge in [0.05, 0.1) is 5.69 Å². The third kappa shape index (κ3) is 2.47. The quantitative estimate of drug-likeness (QED) is 0.809. The van der Waals surface area contributed by atoms with E-state index < -0.39 is 0 Å². The summed E-state index contributed by atoms with van der Waals surface area (Å²) in [6.07, 6.45) is 3.07. The number of nitrogens with zero attached hydrogens (tertiary/aromatic N) is 1. The molecule has 0 aliphatic rings. The Morgan fingerprint density at radius 2 is 2.33 bits per heavy atom. The van der Waals surface area contributed by atoms with E-state index in [4.69, 9.17) is 5.73 Å². The van der Waals surface area contributed by atoms with Crippen LogP contribution in [0.2, 0.25) is 0 Å². The summed E-state index contributed by atoms with van der Waals surface area (Å²) in [5, 5.41) is 1.23. The van der Waals surface area contributed by atoms with Crippen molar-refractivity contribution in [1.82, 2.24) is 4.98 Å². The maximum atomic E-state index is 5.49. The van der Waals surface area contributed by atoms with Crippen molar-refractivity contribution in [2.45, 2.75) is 19.1 Å². The molecule has 0 amide bonds. The smallest absolute Gasteiger partial charge is 0.103 e. The van der Waals surface area contributed by atoms with Crippen LogP contribution in [0, 0.1) is 6.92 Å². The summed E-state index contributed by atoms with van der Waals surface area (Å²) in [7, 11) is 0. The Balaban J connectivity index is 2.70. The van der Waals surface area contributed by atoms with Crippen molar-refractivity contribution >= 4 is 23.1 Å². The summed E-state index contributed by atoms with van der Waals surface area (Å²) in [5.74, 6) is 1.02. The van der Waals surface area contributed by atoms with Gasteiger partial charge in [-0.05, 0) is 26.1 Å². The number of thiazole rings is 1. The molecule has 0 saturated heterocycles. The number of aromatic nitrogens is 1. The van der Waals surface area contributed by atoms with Crippen molar-refractivity contribution in [3.05, 3.63) is 15.6 Å². The zero-order chi connectivity index (χ0) is 8.97. The average molecular weight is 202 g/mol. The number of nitrogens with two attached hydrogens (primary N) is 1. The molecule has 0 saturated carbocycles. The molecule has 0 atom stereocenters. The number of hydrogen-bond donors (Lipinski definition) is 1. The average Bonchev–Trinajstić information content (AvgIpc) is 2.34. The second-order valence-electron chi connectivity index (χ2n) is 2.59. The summed E-state index contributed by atoms with van der Waals surface area (Å²) in [5.41, 5.74) is 6.65. The first kappa shape index (κ1) is 10.0. The molecule has 0 aliphatic heterocycles. The minimum Gasteiger partial charge on any atom is -0.330 e. The van der Waals surface area contributed by atoms with E-state index >= 15 is 0 Å². The molecule has 1 rings (SSSR count). The van der Waals surface area contributed by atoms with E-state index in [-0.39, 0.29) is 0 Å². The molecule has 1 heterocycles. The number of rotatable bonds is 4. The maximum absolute atomic E-state index is 5.49. The van der Waals surface area contributed by atoms with Gasteiger partial charge in [-0.1, -0.05) is 0 Å². The zero-order valence-corrected chi connectivity index (χ0v) is 9.10. The van der Waals surface area contributed by atoms with E-state index in [2.05, 4.69) is 18.2 Å². The van der Waals surface area contributed by atoms with Crippen LogP contribution in [0.1, 0.15) is 15.6 Å². The van der Waals surface area contributed by atoms with Gasteiger partial charge in [-0.3, -0.25) is 0 Å². The Labute approximate surface area is 81.6 Å². The Bertz CT molecular complexity index is 245. The summed E-state index contributed by atoms with van der Waals surface area (Å²) in [6, 6.07) is 0. The zero-order valence-electron chi connectivity index (χ0n) is 7.46. The van der Waals surface area contributed by atoms with Crippen molar-refractivity contribution in [1.29, 1.82) is 0 Å². The third-order valence-electron chi connectivity index (χ3n) is 1.58. The van der Waals surface area contributed by atoms with E-state index in [1.54, 1.807) is 11.3 Å². The van der Waals surface area contributed by atoms with Gasteiger partial charge in [0.25, 0.3) is 0 Å². The highest BCUT2D eigenvalue weighted by atomic mass is 32.2. The van der Waals surface area contributed by atoms with E-state index in [9.17, 15) is 0 Å². The minimum atomic E-state index is 0.724. The van der Waals surface area contributed by atoms with E-state index in [0.717, 1.165) is 24.4 Å². The van der Waals surface area contributed by atoms with Gasteiger partial charge in [0.1, 0.15) is 5.01 Å². The standard InChI is InChI=1S/C8H14N2S2/c1-6-7(3-4-9)12-8(10-6)5-11-2/h3-5,9H2,1-2H3. The molecule has 1 aromatic rings. The van der Waals surface area contributed by atoms with Gasteiger partial charge in [-0.2, -0.15) is 11.8 Å². The first-order valence-corrected chi connectivity index (χ1v) is 6.13. The molecule has 2 N–H and O–H groups in total. The second-order valence-corrected chi connectivity index (χ2v) is 4.62.